The van der Waals surface area contributed by atoms with Crippen molar-refractivity contribution >= 4 is 5.69 Å². The fraction of sp³-hybridized carbons (Fsp3) is 0.308. The van der Waals surface area contributed by atoms with E-state index >= 15 is 0 Å². The Morgan fingerprint density at radius 2 is 1.84 bits per heavy atom. The second-order valence-corrected chi connectivity index (χ2v) is 4.23. The quantitative estimate of drug-likeness (QED) is 0.865. The maximum atomic E-state index is 13.5. The predicted octanol–water partition coefficient (Wildman–Crippen LogP) is 3.01. The van der Waals surface area contributed by atoms with Crippen molar-refractivity contribution < 1.29 is 13.2 Å². The van der Waals surface area contributed by atoms with Crippen molar-refractivity contribution in [2.45, 2.75) is 19.9 Å². The third-order valence-corrected chi connectivity index (χ3v) is 2.80. The Bertz CT molecular complexity index is 593. The van der Waals surface area contributed by atoms with Crippen molar-refractivity contribution in [3.63, 3.8) is 0 Å². The molecule has 1 aromatic heterocycles. The van der Waals surface area contributed by atoms with Crippen LogP contribution in [-0.2, 0) is 20.0 Å². The second-order valence-electron chi connectivity index (χ2n) is 4.23. The summed E-state index contributed by atoms with van der Waals surface area (Å²) in [5.74, 6) is -3.01. The lowest BCUT2D eigenvalue weighted by atomic mass is 10.2. The Hall–Kier alpha value is -1.98. The first-order chi connectivity index (χ1) is 9.01. The van der Waals surface area contributed by atoms with Crippen LogP contribution >= 0.6 is 0 Å². The van der Waals surface area contributed by atoms with E-state index in [-0.39, 0.29) is 12.1 Å². The summed E-state index contributed by atoms with van der Waals surface area (Å²) in [6.07, 6.45) is 2.49. The molecule has 0 unspecified atom stereocenters. The summed E-state index contributed by atoms with van der Waals surface area (Å²) in [6.45, 7) is 2.02. The lowest BCUT2D eigenvalue weighted by Crippen LogP contribution is -2.04. The highest BCUT2D eigenvalue weighted by atomic mass is 19.2. The molecule has 0 saturated carbocycles. The van der Waals surface area contributed by atoms with Crippen LogP contribution in [0.25, 0.3) is 0 Å². The van der Waals surface area contributed by atoms with E-state index in [0.29, 0.717) is 6.07 Å². The standard InChI is InChI=1S/C13H14F3N3/c1-3-12-13(7-19(2)18-12)17-6-8-4-10(15)11(16)5-9(8)14/h4-5,7,17H,3,6H2,1-2H3. The van der Waals surface area contributed by atoms with Crippen LogP contribution in [0.3, 0.4) is 0 Å². The molecule has 0 aliphatic rings. The summed E-state index contributed by atoms with van der Waals surface area (Å²) in [5, 5.41) is 7.20. The van der Waals surface area contributed by atoms with Crippen molar-refractivity contribution in [2.75, 3.05) is 5.32 Å². The summed E-state index contributed by atoms with van der Waals surface area (Å²) in [5.41, 5.74) is 1.67. The zero-order valence-electron chi connectivity index (χ0n) is 10.7. The maximum absolute atomic E-state index is 13.5. The van der Waals surface area contributed by atoms with Gasteiger partial charge in [0.2, 0.25) is 0 Å². The van der Waals surface area contributed by atoms with Gasteiger partial charge in [-0.3, -0.25) is 4.68 Å². The maximum Gasteiger partial charge on any atom is 0.161 e. The highest BCUT2D eigenvalue weighted by molar-refractivity contribution is 5.46. The Morgan fingerprint density at radius 3 is 2.53 bits per heavy atom. The summed E-state index contributed by atoms with van der Waals surface area (Å²) in [6, 6.07) is 1.41. The van der Waals surface area contributed by atoms with Crippen molar-refractivity contribution in [3.8, 4) is 0 Å². The van der Waals surface area contributed by atoms with E-state index in [1.54, 1.807) is 17.9 Å². The zero-order chi connectivity index (χ0) is 14.0. The minimum atomic E-state index is -1.18. The van der Waals surface area contributed by atoms with Crippen molar-refractivity contribution in [2.24, 2.45) is 7.05 Å². The molecule has 1 N–H and O–H groups in total. The van der Waals surface area contributed by atoms with Crippen LogP contribution in [0.2, 0.25) is 0 Å². The van der Waals surface area contributed by atoms with Crippen LogP contribution in [0.4, 0.5) is 18.9 Å². The molecule has 3 nitrogen and oxygen atoms in total. The number of halogens is 3. The molecule has 1 heterocycles. The lowest BCUT2D eigenvalue weighted by molar-refractivity contribution is 0.490. The molecule has 0 fully saturated rings. The third kappa shape index (κ3) is 2.89. The molecular formula is C13H14F3N3. The van der Waals surface area contributed by atoms with Gasteiger partial charge in [0.05, 0.1) is 11.4 Å². The van der Waals surface area contributed by atoms with Crippen LogP contribution in [0.1, 0.15) is 18.2 Å². The van der Waals surface area contributed by atoms with Gasteiger partial charge in [0.15, 0.2) is 11.6 Å². The first kappa shape index (κ1) is 13.5. The van der Waals surface area contributed by atoms with E-state index in [0.717, 1.165) is 23.9 Å². The van der Waals surface area contributed by atoms with Crippen LogP contribution in [0.5, 0.6) is 0 Å². The van der Waals surface area contributed by atoms with Gasteiger partial charge in [-0.2, -0.15) is 5.10 Å². The van der Waals surface area contributed by atoms with Crippen molar-refractivity contribution in [1.82, 2.24) is 9.78 Å². The van der Waals surface area contributed by atoms with Gasteiger partial charge in [-0.05, 0) is 12.5 Å². The van der Waals surface area contributed by atoms with Gasteiger partial charge >= 0.3 is 0 Å². The monoisotopic (exact) mass is 269 g/mol. The van der Waals surface area contributed by atoms with Gasteiger partial charge < -0.3 is 5.32 Å². The molecule has 2 rings (SSSR count). The van der Waals surface area contributed by atoms with Crippen LogP contribution in [0, 0.1) is 17.5 Å². The molecular weight excluding hydrogens is 255 g/mol. The molecule has 0 amide bonds. The first-order valence-corrected chi connectivity index (χ1v) is 5.91. The number of benzene rings is 1. The van der Waals surface area contributed by atoms with Gasteiger partial charge in [0, 0.05) is 31.4 Å². The van der Waals surface area contributed by atoms with Crippen molar-refractivity contribution in [1.29, 1.82) is 0 Å². The number of rotatable bonds is 4. The Morgan fingerprint density at radius 1 is 1.16 bits per heavy atom. The average molecular weight is 269 g/mol. The number of nitrogens with one attached hydrogen (secondary N) is 1. The minimum Gasteiger partial charge on any atom is -0.378 e. The summed E-state index contributed by atoms with van der Waals surface area (Å²) in [7, 11) is 1.78. The van der Waals surface area contributed by atoms with E-state index in [9.17, 15) is 13.2 Å². The number of anilines is 1. The second kappa shape index (κ2) is 5.34. The zero-order valence-corrected chi connectivity index (χ0v) is 10.7. The van der Waals surface area contributed by atoms with Gasteiger partial charge in [0.1, 0.15) is 5.82 Å². The third-order valence-electron chi connectivity index (χ3n) is 2.80. The molecule has 102 valence electrons. The Kier molecular flexibility index (Phi) is 3.78. The largest absolute Gasteiger partial charge is 0.378 e. The average Bonchev–Trinajstić information content (AvgIpc) is 2.72. The van der Waals surface area contributed by atoms with E-state index in [4.69, 9.17) is 0 Å². The molecule has 0 saturated heterocycles. The van der Waals surface area contributed by atoms with Crippen LogP contribution < -0.4 is 5.32 Å². The number of aromatic nitrogens is 2. The molecule has 0 spiro atoms. The molecule has 2 aromatic rings. The number of aryl methyl sites for hydroxylation is 2. The molecule has 0 radical (unpaired) electrons. The van der Waals surface area contributed by atoms with E-state index in [1.165, 1.54) is 0 Å². The fourth-order valence-electron chi connectivity index (χ4n) is 1.83. The summed E-state index contributed by atoms with van der Waals surface area (Å²) < 4.78 is 40.9. The van der Waals surface area contributed by atoms with E-state index in [1.807, 2.05) is 6.92 Å². The number of hydrogen-bond acceptors (Lipinski definition) is 2. The predicted molar refractivity (Wildman–Crippen MR) is 66.2 cm³/mol. The molecule has 0 atom stereocenters. The fourth-order valence-corrected chi connectivity index (χ4v) is 1.83. The van der Waals surface area contributed by atoms with Gasteiger partial charge in [-0.25, -0.2) is 13.2 Å². The smallest absolute Gasteiger partial charge is 0.161 e. The topological polar surface area (TPSA) is 29.9 Å². The van der Waals surface area contributed by atoms with E-state index < -0.39 is 17.5 Å². The summed E-state index contributed by atoms with van der Waals surface area (Å²) >= 11 is 0. The molecule has 6 heteroatoms. The number of hydrogen-bond donors (Lipinski definition) is 1. The first-order valence-electron chi connectivity index (χ1n) is 5.91. The van der Waals surface area contributed by atoms with Crippen LogP contribution in [0.15, 0.2) is 18.3 Å². The van der Waals surface area contributed by atoms with E-state index in [2.05, 4.69) is 10.4 Å². The molecule has 0 aliphatic heterocycles. The Balaban J connectivity index is 2.16. The van der Waals surface area contributed by atoms with Crippen LogP contribution in [-0.4, -0.2) is 9.78 Å². The summed E-state index contributed by atoms with van der Waals surface area (Å²) in [4.78, 5) is 0. The van der Waals surface area contributed by atoms with Crippen molar-refractivity contribution in [3.05, 3.63) is 47.0 Å². The van der Waals surface area contributed by atoms with Gasteiger partial charge in [-0.15, -0.1) is 0 Å². The Labute approximate surface area is 109 Å². The molecule has 0 bridgehead atoms. The van der Waals surface area contributed by atoms with Gasteiger partial charge in [0.25, 0.3) is 0 Å². The SMILES string of the molecule is CCc1nn(C)cc1NCc1cc(F)c(F)cc1F. The lowest BCUT2D eigenvalue weighted by Gasteiger charge is -2.07. The number of nitrogens with zero attached hydrogens (tertiary/aromatic N) is 2. The normalized spacial score (nSPS) is 10.8. The minimum absolute atomic E-state index is 0.0712. The molecule has 1 aromatic carbocycles. The van der Waals surface area contributed by atoms with Gasteiger partial charge in [-0.1, -0.05) is 6.92 Å². The highest BCUT2D eigenvalue weighted by Gasteiger charge is 2.11. The molecule has 19 heavy (non-hydrogen) atoms. The highest BCUT2D eigenvalue weighted by Crippen LogP contribution is 2.18. The molecule has 0 aliphatic carbocycles.